The van der Waals surface area contributed by atoms with Gasteiger partial charge >= 0.3 is 6.01 Å². The Kier molecular flexibility index (Phi) is 5.26. The van der Waals surface area contributed by atoms with Gasteiger partial charge in [-0.05, 0) is 42.0 Å². The van der Waals surface area contributed by atoms with Crippen molar-refractivity contribution in [1.82, 2.24) is 10.2 Å². The summed E-state index contributed by atoms with van der Waals surface area (Å²) in [7, 11) is -3.95. The highest BCUT2D eigenvalue weighted by atomic mass is 32.2. The first-order valence-electron chi connectivity index (χ1n) is 7.67. The molecule has 27 heavy (non-hydrogen) atoms. The molecule has 10 heteroatoms. The van der Waals surface area contributed by atoms with Gasteiger partial charge < -0.3 is 4.42 Å². The van der Waals surface area contributed by atoms with Crippen molar-refractivity contribution >= 4 is 21.8 Å². The molecule has 3 rings (SSSR count). The van der Waals surface area contributed by atoms with E-state index in [2.05, 4.69) is 15.5 Å². The van der Waals surface area contributed by atoms with Crippen molar-refractivity contribution < 1.29 is 26.4 Å². The van der Waals surface area contributed by atoms with Gasteiger partial charge in [0.2, 0.25) is 11.8 Å². The average molecular weight is 393 g/mol. The zero-order valence-corrected chi connectivity index (χ0v) is 14.5. The number of halogens is 2. The molecule has 0 radical (unpaired) electrons. The number of nitrogens with one attached hydrogen (secondary N) is 1. The predicted molar refractivity (Wildman–Crippen MR) is 90.6 cm³/mol. The highest BCUT2D eigenvalue weighted by Crippen LogP contribution is 2.14. The summed E-state index contributed by atoms with van der Waals surface area (Å²) in [5.74, 6) is -2.54. The summed E-state index contributed by atoms with van der Waals surface area (Å²) in [4.78, 5) is 11.8. The Morgan fingerprint density at radius 3 is 2.19 bits per heavy atom. The SMILES string of the molecule is O=C(CS(=O)(=O)c1ccc(F)cc1)Nc1nnc(Cc2ccc(F)cc2)o1. The molecule has 0 unspecified atom stereocenters. The minimum atomic E-state index is -3.95. The second-order valence-corrected chi connectivity index (χ2v) is 7.55. The van der Waals surface area contributed by atoms with E-state index >= 15 is 0 Å². The van der Waals surface area contributed by atoms with Crippen LogP contribution in [0, 0.1) is 11.6 Å². The van der Waals surface area contributed by atoms with E-state index in [4.69, 9.17) is 4.42 Å². The maximum atomic E-state index is 12.9. The predicted octanol–water partition coefficient (Wildman–Crippen LogP) is 2.35. The first kappa shape index (κ1) is 18.6. The number of sulfone groups is 1. The van der Waals surface area contributed by atoms with Gasteiger partial charge in [0.05, 0.1) is 11.3 Å². The van der Waals surface area contributed by atoms with Crippen LogP contribution in [-0.2, 0) is 21.1 Å². The minimum absolute atomic E-state index is 0.165. The fourth-order valence-electron chi connectivity index (χ4n) is 2.21. The number of carbonyl (C=O) groups excluding carboxylic acids is 1. The van der Waals surface area contributed by atoms with E-state index in [0.29, 0.717) is 0 Å². The Balaban J connectivity index is 1.62. The maximum Gasteiger partial charge on any atom is 0.322 e. The number of hydrogen-bond acceptors (Lipinski definition) is 6. The van der Waals surface area contributed by atoms with Gasteiger partial charge in [-0.25, -0.2) is 17.2 Å². The molecule has 1 N–H and O–H groups in total. The molecule has 0 bridgehead atoms. The van der Waals surface area contributed by atoms with E-state index in [1.165, 1.54) is 12.1 Å². The lowest BCUT2D eigenvalue weighted by atomic mass is 10.1. The molecule has 0 spiro atoms. The van der Waals surface area contributed by atoms with Crippen LogP contribution in [0.5, 0.6) is 0 Å². The van der Waals surface area contributed by atoms with Gasteiger partial charge in [-0.2, -0.15) is 0 Å². The first-order chi connectivity index (χ1) is 12.8. The van der Waals surface area contributed by atoms with Gasteiger partial charge in [-0.1, -0.05) is 17.2 Å². The summed E-state index contributed by atoms with van der Waals surface area (Å²) >= 11 is 0. The number of anilines is 1. The van der Waals surface area contributed by atoms with Crippen LogP contribution < -0.4 is 5.32 Å². The molecule has 0 atom stereocenters. The molecule has 2 aromatic carbocycles. The number of nitrogens with zero attached hydrogens (tertiary/aromatic N) is 2. The van der Waals surface area contributed by atoms with Crippen molar-refractivity contribution in [3.63, 3.8) is 0 Å². The lowest BCUT2D eigenvalue weighted by Gasteiger charge is -2.03. The summed E-state index contributed by atoms with van der Waals surface area (Å²) in [6.07, 6.45) is 0.219. The summed E-state index contributed by atoms with van der Waals surface area (Å²) in [6.45, 7) is 0. The van der Waals surface area contributed by atoms with Gasteiger partial charge in [-0.15, -0.1) is 5.10 Å². The molecule has 7 nitrogen and oxygen atoms in total. The molecule has 0 saturated carbocycles. The zero-order valence-electron chi connectivity index (χ0n) is 13.7. The normalized spacial score (nSPS) is 11.3. The fraction of sp³-hybridized carbons (Fsp3) is 0.118. The van der Waals surface area contributed by atoms with Crippen LogP contribution in [-0.4, -0.2) is 30.3 Å². The van der Waals surface area contributed by atoms with Crippen LogP contribution in [0.15, 0.2) is 57.8 Å². The molecule has 0 aliphatic heterocycles. The van der Waals surface area contributed by atoms with Crippen LogP contribution in [0.4, 0.5) is 14.8 Å². The van der Waals surface area contributed by atoms with E-state index in [1.807, 2.05) is 0 Å². The molecule has 0 aliphatic carbocycles. The number of rotatable bonds is 6. The molecule has 140 valence electrons. The Morgan fingerprint density at radius 2 is 1.56 bits per heavy atom. The summed E-state index contributed by atoms with van der Waals surface area (Å²) in [6, 6.07) is 9.54. The zero-order chi connectivity index (χ0) is 19.4. The third-order valence-electron chi connectivity index (χ3n) is 3.48. The molecule has 0 fully saturated rings. The topological polar surface area (TPSA) is 102 Å². The monoisotopic (exact) mass is 393 g/mol. The second-order valence-electron chi connectivity index (χ2n) is 5.57. The van der Waals surface area contributed by atoms with Crippen molar-refractivity contribution in [2.45, 2.75) is 11.3 Å². The smallest absolute Gasteiger partial charge is 0.322 e. The third kappa shape index (κ3) is 4.94. The Morgan fingerprint density at radius 1 is 0.963 bits per heavy atom. The molecule has 1 heterocycles. The lowest BCUT2D eigenvalue weighted by molar-refractivity contribution is -0.114. The van der Waals surface area contributed by atoms with Crippen LogP contribution in [0.3, 0.4) is 0 Å². The van der Waals surface area contributed by atoms with E-state index in [-0.39, 0.29) is 29.0 Å². The van der Waals surface area contributed by atoms with Crippen LogP contribution >= 0.6 is 0 Å². The van der Waals surface area contributed by atoms with E-state index in [0.717, 1.165) is 29.8 Å². The van der Waals surface area contributed by atoms with Crippen molar-refractivity contribution in [2.24, 2.45) is 0 Å². The van der Waals surface area contributed by atoms with Crippen LogP contribution in [0.25, 0.3) is 0 Å². The number of benzene rings is 2. The van der Waals surface area contributed by atoms with Crippen LogP contribution in [0.2, 0.25) is 0 Å². The molecule has 1 aromatic heterocycles. The largest absolute Gasteiger partial charge is 0.407 e. The highest BCUT2D eigenvalue weighted by molar-refractivity contribution is 7.92. The minimum Gasteiger partial charge on any atom is -0.407 e. The van der Waals surface area contributed by atoms with Crippen molar-refractivity contribution in [3.8, 4) is 0 Å². The maximum absolute atomic E-state index is 12.9. The number of hydrogen-bond donors (Lipinski definition) is 1. The van der Waals surface area contributed by atoms with Gasteiger partial charge in [-0.3, -0.25) is 10.1 Å². The van der Waals surface area contributed by atoms with E-state index < -0.39 is 27.3 Å². The second kappa shape index (κ2) is 7.62. The van der Waals surface area contributed by atoms with Gasteiger partial charge in [0, 0.05) is 0 Å². The quantitative estimate of drug-likeness (QED) is 0.645. The average Bonchev–Trinajstić information content (AvgIpc) is 3.03. The third-order valence-corrected chi connectivity index (χ3v) is 5.11. The molecule has 3 aromatic rings. The lowest BCUT2D eigenvalue weighted by Crippen LogP contribution is -2.23. The van der Waals surface area contributed by atoms with Crippen molar-refractivity contribution in [2.75, 3.05) is 11.1 Å². The summed E-state index contributed by atoms with van der Waals surface area (Å²) < 4.78 is 55.3. The molecular weight excluding hydrogens is 380 g/mol. The van der Waals surface area contributed by atoms with Crippen molar-refractivity contribution in [1.29, 1.82) is 0 Å². The summed E-state index contributed by atoms with van der Waals surface area (Å²) in [5, 5.41) is 9.55. The van der Waals surface area contributed by atoms with E-state index in [1.54, 1.807) is 12.1 Å². The van der Waals surface area contributed by atoms with Gasteiger partial charge in [0.1, 0.15) is 17.4 Å². The number of carbonyl (C=O) groups is 1. The van der Waals surface area contributed by atoms with Gasteiger partial charge in [0.25, 0.3) is 0 Å². The number of aromatic nitrogens is 2. The van der Waals surface area contributed by atoms with Crippen LogP contribution in [0.1, 0.15) is 11.5 Å². The van der Waals surface area contributed by atoms with E-state index in [9.17, 15) is 22.0 Å². The molecule has 0 aliphatic rings. The van der Waals surface area contributed by atoms with Crippen molar-refractivity contribution in [3.05, 3.63) is 71.6 Å². The summed E-state index contributed by atoms with van der Waals surface area (Å²) in [5.41, 5.74) is 0.719. The fourth-order valence-corrected chi connectivity index (χ4v) is 3.34. The Hall–Kier alpha value is -3.14. The Labute approximate surface area is 153 Å². The first-order valence-corrected chi connectivity index (χ1v) is 9.32. The highest BCUT2D eigenvalue weighted by Gasteiger charge is 2.21. The molecule has 1 amide bonds. The Bertz CT molecular complexity index is 1050. The molecule has 0 saturated heterocycles. The number of amides is 1. The standard InChI is InChI=1S/C17H13F2N3O4S/c18-12-3-1-11(2-4-12)9-16-21-22-17(26-16)20-15(23)10-27(24,25)14-7-5-13(19)6-8-14/h1-8H,9-10H2,(H,20,22,23). The molecular formula is C17H13F2N3O4S. The van der Waals surface area contributed by atoms with Gasteiger partial charge in [0.15, 0.2) is 9.84 Å².